The Morgan fingerprint density at radius 3 is 1.88 bits per heavy atom. The second kappa shape index (κ2) is 10.4. The normalized spacial score (nSPS) is 12.5. The molecule has 0 spiro atoms. The molecule has 0 saturated heterocycles. The van der Waals surface area contributed by atoms with Crippen molar-refractivity contribution in [3.63, 3.8) is 0 Å². The Labute approximate surface area is 189 Å². The van der Waals surface area contributed by atoms with Gasteiger partial charge in [0.25, 0.3) is 0 Å². The summed E-state index contributed by atoms with van der Waals surface area (Å²) in [5.41, 5.74) is 1.37. The van der Waals surface area contributed by atoms with Gasteiger partial charge in [-0.25, -0.2) is 14.8 Å². The SMILES string of the molecule is Cc1cc(C)nc(O[C@@H](C(=O)O)C(OCCC(C)C)(c2ccccc2)c2ccccc2)n1. The van der Waals surface area contributed by atoms with Crippen molar-refractivity contribution in [2.45, 2.75) is 45.8 Å². The van der Waals surface area contributed by atoms with E-state index in [9.17, 15) is 9.90 Å². The van der Waals surface area contributed by atoms with E-state index >= 15 is 0 Å². The Balaban J connectivity index is 2.19. The number of carbonyl (C=O) groups is 1. The first kappa shape index (κ1) is 23.4. The first-order valence-corrected chi connectivity index (χ1v) is 10.8. The number of carboxylic acid groups (broad SMARTS) is 1. The van der Waals surface area contributed by atoms with E-state index in [2.05, 4.69) is 23.8 Å². The molecule has 6 heteroatoms. The third-order valence-corrected chi connectivity index (χ3v) is 5.21. The number of aryl methyl sites for hydroxylation is 2. The zero-order valence-corrected chi connectivity index (χ0v) is 19.0. The minimum absolute atomic E-state index is 0.0126. The zero-order valence-electron chi connectivity index (χ0n) is 19.0. The van der Waals surface area contributed by atoms with Gasteiger partial charge in [0.15, 0.2) is 5.60 Å². The lowest BCUT2D eigenvalue weighted by Gasteiger charge is -2.39. The van der Waals surface area contributed by atoms with Crippen LogP contribution in [0.1, 0.15) is 42.8 Å². The number of ether oxygens (including phenoxy) is 2. The van der Waals surface area contributed by atoms with Gasteiger partial charge in [0.05, 0.1) is 0 Å². The van der Waals surface area contributed by atoms with Crippen molar-refractivity contribution >= 4 is 5.97 Å². The highest BCUT2D eigenvalue weighted by atomic mass is 16.6. The Kier molecular flexibility index (Phi) is 7.59. The maximum Gasteiger partial charge on any atom is 0.348 e. The number of hydrogen-bond acceptors (Lipinski definition) is 5. The summed E-state index contributed by atoms with van der Waals surface area (Å²) in [6.07, 6.45) is -0.644. The highest BCUT2D eigenvalue weighted by molar-refractivity contribution is 5.76. The first-order chi connectivity index (χ1) is 15.3. The van der Waals surface area contributed by atoms with Gasteiger partial charge in [-0.15, -0.1) is 0 Å². The number of carboxylic acids is 1. The summed E-state index contributed by atoms with van der Waals surface area (Å²) in [6.45, 7) is 8.20. The standard InChI is InChI=1S/C26H30N2O4/c1-18(2)15-16-31-26(21-11-7-5-8-12-21,22-13-9-6-10-14-22)23(24(29)30)32-25-27-19(3)17-20(4)28-25/h5-14,17-18,23H,15-16H2,1-4H3,(H,29,30)/t23-/m0/s1. The molecule has 0 unspecified atom stereocenters. The van der Waals surface area contributed by atoms with Gasteiger partial charge in [-0.2, -0.15) is 0 Å². The minimum Gasteiger partial charge on any atom is -0.478 e. The van der Waals surface area contributed by atoms with E-state index in [0.29, 0.717) is 35.0 Å². The predicted molar refractivity (Wildman–Crippen MR) is 123 cm³/mol. The van der Waals surface area contributed by atoms with Gasteiger partial charge in [0.1, 0.15) is 0 Å². The van der Waals surface area contributed by atoms with Crippen LogP contribution in [0.25, 0.3) is 0 Å². The molecule has 0 aliphatic rings. The van der Waals surface area contributed by atoms with Crippen molar-refractivity contribution < 1.29 is 19.4 Å². The molecule has 2 aromatic carbocycles. The predicted octanol–water partition coefficient (Wildman–Crippen LogP) is 4.93. The Morgan fingerprint density at radius 1 is 0.938 bits per heavy atom. The molecule has 3 aromatic rings. The molecule has 1 heterocycles. The van der Waals surface area contributed by atoms with Gasteiger partial charge in [-0.1, -0.05) is 74.5 Å². The molecule has 6 nitrogen and oxygen atoms in total. The third kappa shape index (κ3) is 5.32. The van der Waals surface area contributed by atoms with Crippen molar-refractivity contribution in [3.05, 3.63) is 89.2 Å². The maximum atomic E-state index is 12.7. The molecular weight excluding hydrogens is 404 g/mol. The minimum atomic E-state index is -1.42. The van der Waals surface area contributed by atoms with Crippen molar-refractivity contribution in [2.75, 3.05) is 6.61 Å². The van der Waals surface area contributed by atoms with Crippen LogP contribution in [0.3, 0.4) is 0 Å². The van der Waals surface area contributed by atoms with E-state index < -0.39 is 17.7 Å². The van der Waals surface area contributed by atoms with E-state index in [1.165, 1.54) is 0 Å². The van der Waals surface area contributed by atoms with Crippen LogP contribution < -0.4 is 4.74 Å². The second-order valence-corrected chi connectivity index (χ2v) is 8.27. The number of rotatable bonds is 10. The molecule has 0 aliphatic heterocycles. The fraction of sp³-hybridized carbons (Fsp3) is 0.346. The average molecular weight is 435 g/mol. The summed E-state index contributed by atoms with van der Waals surface area (Å²) in [4.78, 5) is 21.3. The van der Waals surface area contributed by atoms with Gasteiger partial charge in [-0.05, 0) is 43.4 Å². The molecule has 0 amide bonds. The molecule has 168 valence electrons. The number of hydrogen-bond donors (Lipinski definition) is 1. The summed E-state index contributed by atoms with van der Waals surface area (Å²) in [5.74, 6) is -0.767. The van der Waals surface area contributed by atoms with Gasteiger partial charge in [-0.3, -0.25) is 0 Å². The molecule has 0 saturated carbocycles. The summed E-state index contributed by atoms with van der Waals surface area (Å²) in [6, 6.07) is 20.5. The van der Waals surface area contributed by atoms with E-state index in [1.54, 1.807) is 0 Å². The maximum absolute atomic E-state index is 12.7. The first-order valence-electron chi connectivity index (χ1n) is 10.8. The topological polar surface area (TPSA) is 81.5 Å². The molecule has 1 N–H and O–H groups in total. The van der Waals surface area contributed by atoms with Gasteiger partial charge < -0.3 is 14.6 Å². The smallest absolute Gasteiger partial charge is 0.348 e. The van der Waals surface area contributed by atoms with Gasteiger partial charge in [0.2, 0.25) is 6.10 Å². The molecule has 1 aromatic heterocycles. The summed E-state index contributed by atoms with van der Waals surface area (Å²) < 4.78 is 12.5. The third-order valence-electron chi connectivity index (χ3n) is 5.21. The Morgan fingerprint density at radius 2 is 1.44 bits per heavy atom. The van der Waals surface area contributed by atoms with E-state index in [-0.39, 0.29) is 6.01 Å². The fourth-order valence-electron chi connectivity index (χ4n) is 3.70. The Hall–Kier alpha value is -3.25. The average Bonchev–Trinajstić information content (AvgIpc) is 2.76. The monoisotopic (exact) mass is 434 g/mol. The largest absolute Gasteiger partial charge is 0.478 e. The van der Waals surface area contributed by atoms with Crippen LogP contribution in [0.15, 0.2) is 66.7 Å². The number of benzene rings is 2. The van der Waals surface area contributed by atoms with Crippen LogP contribution >= 0.6 is 0 Å². The molecule has 0 aliphatic carbocycles. The summed E-state index contributed by atoms with van der Waals surface area (Å²) in [7, 11) is 0. The number of aliphatic carboxylic acids is 1. The highest BCUT2D eigenvalue weighted by Crippen LogP contribution is 2.39. The highest BCUT2D eigenvalue weighted by Gasteiger charge is 2.50. The van der Waals surface area contributed by atoms with Crippen LogP contribution in [0.2, 0.25) is 0 Å². The van der Waals surface area contributed by atoms with Crippen LogP contribution in [0, 0.1) is 19.8 Å². The van der Waals surface area contributed by atoms with Gasteiger partial charge in [0, 0.05) is 18.0 Å². The Bertz CT molecular complexity index is 963. The van der Waals surface area contributed by atoms with Crippen molar-refractivity contribution in [1.29, 1.82) is 0 Å². The van der Waals surface area contributed by atoms with Crippen LogP contribution in [0.4, 0.5) is 0 Å². The summed E-state index contributed by atoms with van der Waals surface area (Å²) in [5, 5.41) is 10.4. The molecule has 32 heavy (non-hydrogen) atoms. The van der Waals surface area contributed by atoms with Crippen LogP contribution in [-0.2, 0) is 15.1 Å². The molecular formula is C26H30N2O4. The van der Waals surface area contributed by atoms with E-state index in [0.717, 1.165) is 6.42 Å². The van der Waals surface area contributed by atoms with Gasteiger partial charge >= 0.3 is 12.0 Å². The number of nitrogens with zero attached hydrogens (tertiary/aromatic N) is 2. The van der Waals surface area contributed by atoms with Crippen molar-refractivity contribution in [2.24, 2.45) is 5.92 Å². The molecule has 0 fully saturated rings. The molecule has 0 radical (unpaired) electrons. The fourth-order valence-corrected chi connectivity index (χ4v) is 3.70. The van der Waals surface area contributed by atoms with Crippen molar-refractivity contribution in [1.82, 2.24) is 9.97 Å². The lowest BCUT2D eigenvalue weighted by Crippen LogP contribution is -2.51. The van der Waals surface area contributed by atoms with Crippen LogP contribution in [0.5, 0.6) is 6.01 Å². The molecule has 3 rings (SSSR count). The lowest BCUT2D eigenvalue weighted by atomic mass is 9.81. The van der Waals surface area contributed by atoms with E-state index in [4.69, 9.17) is 9.47 Å². The molecule has 1 atom stereocenters. The second-order valence-electron chi connectivity index (χ2n) is 8.27. The lowest BCUT2D eigenvalue weighted by molar-refractivity contribution is -0.164. The van der Waals surface area contributed by atoms with E-state index in [1.807, 2.05) is 80.6 Å². The molecule has 0 bridgehead atoms. The van der Waals surface area contributed by atoms with Crippen LogP contribution in [-0.4, -0.2) is 33.8 Å². The summed E-state index contributed by atoms with van der Waals surface area (Å²) >= 11 is 0. The zero-order chi connectivity index (χ0) is 23.1. The van der Waals surface area contributed by atoms with Crippen molar-refractivity contribution in [3.8, 4) is 6.01 Å². The quantitative estimate of drug-likeness (QED) is 0.487. The number of aromatic nitrogens is 2.